The number of rotatable bonds is 5. The van der Waals surface area contributed by atoms with Crippen molar-refractivity contribution in [2.24, 2.45) is 0 Å². The van der Waals surface area contributed by atoms with Gasteiger partial charge in [0.15, 0.2) is 0 Å². The van der Waals surface area contributed by atoms with E-state index in [0.29, 0.717) is 0 Å². The SMILES string of the molecule is c1ccc(-c2ccc(-c3nc4sc5ccc(-c6cccc(-c7ccc8c9ccccc9c9ccccc9c8c7)c6)cc5c4nc3-c3ccccc3)cc2)cc1. The Morgan fingerprint density at radius 1 is 0.273 bits per heavy atom. The second kappa shape index (κ2) is 12.9. The van der Waals surface area contributed by atoms with Crippen LogP contribution in [0.1, 0.15) is 0 Å². The molecule has 9 aromatic carbocycles. The van der Waals surface area contributed by atoms with Gasteiger partial charge in [-0.25, -0.2) is 9.97 Å². The Labute approximate surface area is 322 Å². The van der Waals surface area contributed by atoms with Gasteiger partial charge in [0.25, 0.3) is 0 Å². The molecule has 0 aliphatic heterocycles. The molecule has 2 aromatic heterocycles. The third-order valence-electron chi connectivity index (χ3n) is 10.9. The minimum Gasteiger partial charge on any atom is -0.242 e. The van der Waals surface area contributed by atoms with E-state index in [2.05, 4.69) is 188 Å². The van der Waals surface area contributed by atoms with Gasteiger partial charge in [0.05, 0.1) is 11.4 Å². The number of hydrogen-bond acceptors (Lipinski definition) is 3. The predicted octanol–water partition coefficient (Wildman–Crippen LogP) is 14.6. The van der Waals surface area contributed by atoms with Crippen molar-refractivity contribution < 1.29 is 0 Å². The summed E-state index contributed by atoms with van der Waals surface area (Å²) in [5.74, 6) is 0. The maximum atomic E-state index is 5.41. The van der Waals surface area contributed by atoms with Crippen LogP contribution in [0.4, 0.5) is 0 Å². The minimum atomic E-state index is 0.893. The second-order valence-electron chi connectivity index (χ2n) is 14.1. The van der Waals surface area contributed by atoms with E-state index in [9.17, 15) is 0 Å². The van der Waals surface area contributed by atoms with E-state index in [4.69, 9.17) is 9.97 Å². The van der Waals surface area contributed by atoms with E-state index in [1.165, 1.54) is 64.8 Å². The van der Waals surface area contributed by atoms with Gasteiger partial charge in [-0.15, -0.1) is 11.3 Å². The molecule has 0 atom stereocenters. The van der Waals surface area contributed by atoms with Crippen LogP contribution < -0.4 is 0 Å². The van der Waals surface area contributed by atoms with Crippen molar-refractivity contribution in [3.63, 3.8) is 0 Å². The van der Waals surface area contributed by atoms with Gasteiger partial charge in [0.2, 0.25) is 0 Å². The standard InChI is InChI=1S/C52H32N2S/c1-3-12-33(13-4-1)34-22-24-36(25-23-34)50-49(35-14-5-2-6-15-35)53-51-47-32-40(27-29-48(47)55-52(51)54-50)38-17-11-16-37(30-38)39-26-28-45-43-20-8-7-18-41(43)42-19-9-10-21-44(42)46(45)31-39/h1-32H. The summed E-state index contributed by atoms with van der Waals surface area (Å²) in [5.41, 5.74) is 12.0. The van der Waals surface area contributed by atoms with Crippen molar-refractivity contribution in [2.75, 3.05) is 0 Å². The number of nitrogens with zero attached hydrogens (tertiary/aromatic N) is 2. The van der Waals surface area contributed by atoms with Gasteiger partial charge in [-0.1, -0.05) is 170 Å². The fourth-order valence-electron chi connectivity index (χ4n) is 8.17. The molecule has 11 rings (SSSR count). The molecule has 3 heteroatoms. The lowest BCUT2D eigenvalue weighted by Crippen LogP contribution is -1.94. The van der Waals surface area contributed by atoms with Crippen LogP contribution in [0.2, 0.25) is 0 Å². The van der Waals surface area contributed by atoms with E-state index < -0.39 is 0 Å². The zero-order chi connectivity index (χ0) is 36.3. The highest BCUT2D eigenvalue weighted by Gasteiger charge is 2.18. The second-order valence-corrected chi connectivity index (χ2v) is 15.2. The molecular weight excluding hydrogens is 685 g/mol. The average molecular weight is 717 g/mol. The van der Waals surface area contributed by atoms with Crippen LogP contribution in [0.15, 0.2) is 194 Å². The quantitative estimate of drug-likeness (QED) is 0.166. The fourth-order valence-corrected chi connectivity index (χ4v) is 9.17. The highest BCUT2D eigenvalue weighted by molar-refractivity contribution is 7.25. The van der Waals surface area contributed by atoms with E-state index in [-0.39, 0.29) is 0 Å². The number of fused-ring (bicyclic) bond motifs is 9. The molecule has 256 valence electrons. The first kappa shape index (κ1) is 31.6. The zero-order valence-electron chi connectivity index (χ0n) is 29.8. The summed E-state index contributed by atoms with van der Waals surface area (Å²) in [4.78, 5) is 11.7. The fraction of sp³-hybridized carbons (Fsp3) is 0. The molecular formula is C52H32N2S. The highest BCUT2D eigenvalue weighted by Crippen LogP contribution is 2.41. The van der Waals surface area contributed by atoms with Gasteiger partial charge in [-0.2, -0.15) is 0 Å². The maximum absolute atomic E-state index is 5.41. The molecule has 2 nitrogen and oxygen atoms in total. The molecule has 0 saturated carbocycles. The van der Waals surface area contributed by atoms with Gasteiger partial charge in [0.1, 0.15) is 10.3 Å². The molecule has 55 heavy (non-hydrogen) atoms. The van der Waals surface area contributed by atoms with Crippen molar-refractivity contribution >= 4 is 64.1 Å². The number of aromatic nitrogens is 2. The van der Waals surface area contributed by atoms with Crippen LogP contribution in [0, 0.1) is 0 Å². The Morgan fingerprint density at radius 3 is 1.35 bits per heavy atom. The molecule has 2 heterocycles. The van der Waals surface area contributed by atoms with Crippen molar-refractivity contribution in [3.05, 3.63) is 194 Å². The monoisotopic (exact) mass is 716 g/mol. The van der Waals surface area contributed by atoms with Gasteiger partial charge in [-0.05, 0) is 90.0 Å². The van der Waals surface area contributed by atoms with Crippen molar-refractivity contribution in [1.82, 2.24) is 9.97 Å². The highest BCUT2D eigenvalue weighted by atomic mass is 32.1. The van der Waals surface area contributed by atoms with Crippen LogP contribution in [0.3, 0.4) is 0 Å². The predicted molar refractivity (Wildman–Crippen MR) is 235 cm³/mol. The Hall–Kier alpha value is -6.94. The first-order valence-electron chi connectivity index (χ1n) is 18.6. The van der Waals surface area contributed by atoms with Gasteiger partial charge in [0, 0.05) is 21.2 Å². The van der Waals surface area contributed by atoms with Crippen LogP contribution >= 0.6 is 11.3 Å². The summed E-state index contributed by atoms with van der Waals surface area (Å²) < 4.78 is 1.18. The van der Waals surface area contributed by atoms with Crippen LogP contribution in [-0.2, 0) is 0 Å². The first-order chi connectivity index (χ1) is 27.2. The van der Waals surface area contributed by atoms with Crippen molar-refractivity contribution in [3.8, 4) is 55.9 Å². The molecule has 0 N–H and O–H groups in total. The van der Waals surface area contributed by atoms with Gasteiger partial charge in [-0.3, -0.25) is 0 Å². The van der Waals surface area contributed by atoms with Gasteiger partial charge >= 0.3 is 0 Å². The number of thiophene rings is 1. The van der Waals surface area contributed by atoms with E-state index in [0.717, 1.165) is 43.8 Å². The summed E-state index contributed by atoms with van der Waals surface area (Å²) in [5, 5.41) is 8.86. The number of hydrogen-bond donors (Lipinski definition) is 0. The van der Waals surface area contributed by atoms with E-state index in [1.807, 2.05) is 6.07 Å². The number of benzene rings is 9. The maximum Gasteiger partial charge on any atom is 0.143 e. The Balaban J connectivity index is 1.02. The third kappa shape index (κ3) is 5.40. The van der Waals surface area contributed by atoms with Gasteiger partial charge < -0.3 is 0 Å². The van der Waals surface area contributed by atoms with Crippen molar-refractivity contribution in [1.29, 1.82) is 0 Å². The summed E-state index contributed by atoms with van der Waals surface area (Å²) in [6.07, 6.45) is 0. The lowest BCUT2D eigenvalue weighted by molar-refractivity contribution is 1.32. The summed E-state index contributed by atoms with van der Waals surface area (Å²) in [6.45, 7) is 0. The zero-order valence-corrected chi connectivity index (χ0v) is 30.6. The molecule has 0 bridgehead atoms. The smallest absolute Gasteiger partial charge is 0.143 e. The third-order valence-corrected chi connectivity index (χ3v) is 11.9. The Kier molecular flexibility index (Phi) is 7.39. The molecule has 0 radical (unpaired) electrons. The molecule has 0 spiro atoms. The summed E-state index contributed by atoms with van der Waals surface area (Å²) >= 11 is 1.71. The Bertz CT molecular complexity index is 3200. The molecule has 0 amide bonds. The van der Waals surface area contributed by atoms with Crippen molar-refractivity contribution in [2.45, 2.75) is 0 Å². The molecule has 0 fully saturated rings. The van der Waals surface area contributed by atoms with Crippen LogP contribution in [-0.4, -0.2) is 9.97 Å². The Morgan fingerprint density at radius 2 is 0.691 bits per heavy atom. The minimum absolute atomic E-state index is 0.893. The molecule has 0 unspecified atom stereocenters. The van der Waals surface area contributed by atoms with Crippen LogP contribution in [0.5, 0.6) is 0 Å². The lowest BCUT2D eigenvalue weighted by atomic mass is 9.91. The van der Waals surface area contributed by atoms with Crippen LogP contribution in [0.25, 0.3) is 109 Å². The molecule has 11 aromatic rings. The normalized spacial score (nSPS) is 11.6. The first-order valence-corrected chi connectivity index (χ1v) is 19.5. The largest absolute Gasteiger partial charge is 0.242 e. The summed E-state index contributed by atoms with van der Waals surface area (Å²) in [7, 11) is 0. The molecule has 0 aliphatic carbocycles. The molecule has 0 aliphatic rings. The van der Waals surface area contributed by atoms with E-state index in [1.54, 1.807) is 11.3 Å². The topological polar surface area (TPSA) is 25.8 Å². The summed E-state index contributed by atoms with van der Waals surface area (Å²) in [6, 6.07) is 69.8. The lowest BCUT2D eigenvalue weighted by Gasteiger charge is -2.12. The molecule has 0 saturated heterocycles. The van der Waals surface area contributed by atoms with E-state index >= 15 is 0 Å². The average Bonchev–Trinajstić information content (AvgIpc) is 3.63.